The van der Waals surface area contributed by atoms with Crippen molar-refractivity contribution in [2.45, 2.75) is 19.4 Å². The molecule has 0 aromatic carbocycles. The maximum atomic E-state index is 11.2. The van der Waals surface area contributed by atoms with E-state index in [4.69, 9.17) is 9.84 Å². The summed E-state index contributed by atoms with van der Waals surface area (Å²) in [5, 5.41) is 11.1. The molecular formula is C8H15NO4S. The van der Waals surface area contributed by atoms with Gasteiger partial charge in [0.25, 0.3) is 0 Å². The van der Waals surface area contributed by atoms with Gasteiger partial charge < -0.3 is 15.2 Å². The highest BCUT2D eigenvalue weighted by Crippen LogP contribution is 1.93. The summed E-state index contributed by atoms with van der Waals surface area (Å²) in [6.07, 6.45) is -0.0241. The molecule has 6 heteroatoms. The second-order valence-corrected chi connectivity index (χ2v) is 2.95. The van der Waals surface area contributed by atoms with Crippen LogP contribution in [-0.4, -0.2) is 42.0 Å². The molecule has 0 rings (SSSR count). The number of esters is 1. The minimum absolute atomic E-state index is 0.0241. The van der Waals surface area contributed by atoms with E-state index >= 15 is 0 Å². The molecule has 0 saturated heterocycles. The third kappa shape index (κ3) is 5.82. The van der Waals surface area contributed by atoms with E-state index in [9.17, 15) is 9.59 Å². The van der Waals surface area contributed by atoms with Crippen LogP contribution in [0, 0.1) is 0 Å². The Morgan fingerprint density at radius 1 is 1.57 bits per heavy atom. The molecule has 0 spiro atoms. The molecule has 1 atom stereocenters. The van der Waals surface area contributed by atoms with Crippen molar-refractivity contribution in [3.63, 3.8) is 0 Å². The highest BCUT2D eigenvalue weighted by Gasteiger charge is 2.16. The maximum absolute atomic E-state index is 11.2. The molecule has 2 N–H and O–H groups in total. The minimum atomic E-state index is -0.903. The number of carbonyl (C=O) groups excluding carboxylic acids is 1. The Labute approximate surface area is 88.2 Å². The fourth-order valence-electron chi connectivity index (χ4n) is 0.819. The Morgan fingerprint density at radius 2 is 2.21 bits per heavy atom. The summed E-state index contributed by atoms with van der Waals surface area (Å²) in [7, 11) is 0. The second kappa shape index (κ2) is 7.64. The van der Waals surface area contributed by atoms with Gasteiger partial charge in [0, 0.05) is 12.3 Å². The van der Waals surface area contributed by atoms with Gasteiger partial charge in [0.2, 0.25) is 0 Å². The Bertz CT molecular complexity index is 198. The molecule has 0 saturated carbocycles. The maximum Gasteiger partial charge on any atom is 0.323 e. The van der Waals surface area contributed by atoms with Crippen molar-refractivity contribution < 1.29 is 19.4 Å². The largest absolute Gasteiger partial charge is 0.481 e. The van der Waals surface area contributed by atoms with Crippen LogP contribution >= 0.6 is 12.6 Å². The molecule has 0 aliphatic rings. The quantitative estimate of drug-likeness (QED) is 0.414. The van der Waals surface area contributed by atoms with E-state index in [-0.39, 0.29) is 13.0 Å². The lowest BCUT2D eigenvalue weighted by Gasteiger charge is -2.13. The average molecular weight is 221 g/mol. The molecule has 82 valence electrons. The molecule has 0 aromatic heterocycles. The predicted molar refractivity (Wildman–Crippen MR) is 54.5 cm³/mol. The zero-order valence-electron chi connectivity index (χ0n) is 8.02. The van der Waals surface area contributed by atoms with Gasteiger partial charge in [-0.05, 0) is 6.92 Å². The van der Waals surface area contributed by atoms with E-state index in [1.165, 1.54) is 0 Å². The van der Waals surface area contributed by atoms with Crippen molar-refractivity contribution in [3.8, 4) is 0 Å². The summed E-state index contributed by atoms with van der Waals surface area (Å²) in [6.45, 7) is 2.26. The lowest BCUT2D eigenvalue weighted by atomic mass is 10.3. The number of ether oxygens (including phenoxy) is 1. The number of carboxylic acid groups (broad SMARTS) is 1. The Morgan fingerprint density at radius 3 is 2.64 bits per heavy atom. The van der Waals surface area contributed by atoms with Crippen LogP contribution < -0.4 is 5.32 Å². The molecule has 0 fully saturated rings. The van der Waals surface area contributed by atoms with Crippen LogP contribution in [0.3, 0.4) is 0 Å². The molecule has 0 bridgehead atoms. The lowest BCUT2D eigenvalue weighted by Crippen LogP contribution is -2.40. The third-order valence-electron chi connectivity index (χ3n) is 1.48. The van der Waals surface area contributed by atoms with Gasteiger partial charge in [0.1, 0.15) is 6.04 Å². The van der Waals surface area contributed by atoms with Crippen molar-refractivity contribution in [1.29, 1.82) is 0 Å². The lowest BCUT2D eigenvalue weighted by molar-refractivity contribution is -0.145. The second-order valence-electron chi connectivity index (χ2n) is 2.59. The number of carbonyl (C=O) groups is 2. The number of nitrogens with one attached hydrogen (secondary N) is 1. The fraction of sp³-hybridized carbons (Fsp3) is 0.750. The smallest absolute Gasteiger partial charge is 0.323 e. The van der Waals surface area contributed by atoms with E-state index in [2.05, 4.69) is 17.9 Å². The monoisotopic (exact) mass is 221 g/mol. The van der Waals surface area contributed by atoms with Gasteiger partial charge in [0.05, 0.1) is 13.0 Å². The molecule has 0 aliphatic heterocycles. The number of thiol groups is 1. The summed E-state index contributed by atoms with van der Waals surface area (Å²) < 4.78 is 4.75. The van der Waals surface area contributed by atoms with Crippen LogP contribution in [0.5, 0.6) is 0 Å². The summed E-state index contributed by atoms with van der Waals surface area (Å²) in [5.41, 5.74) is 0. The van der Waals surface area contributed by atoms with Gasteiger partial charge >= 0.3 is 11.9 Å². The minimum Gasteiger partial charge on any atom is -0.481 e. The van der Waals surface area contributed by atoms with Crippen molar-refractivity contribution in [3.05, 3.63) is 0 Å². The standard InChI is InChI=1S/C8H15NO4S/c1-2-13-8(12)6(5-14)9-4-3-7(10)11/h6,9,14H,2-5H2,1H3,(H,10,11)/t6-/m0/s1. The number of hydrogen-bond donors (Lipinski definition) is 3. The molecular weight excluding hydrogens is 206 g/mol. The van der Waals surface area contributed by atoms with E-state index in [0.29, 0.717) is 12.4 Å². The Kier molecular flexibility index (Phi) is 7.23. The van der Waals surface area contributed by atoms with E-state index in [1.807, 2.05) is 0 Å². The van der Waals surface area contributed by atoms with Crippen LogP contribution in [-0.2, 0) is 14.3 Å². The number of rotatable bonds is 7. The van der Waals surface area contributed by atoms with Crippen molar-refractivity contribution >= 4 is 24.6 Å². The van der Waals surface area contributed by atoms with Gasteiger partial charge in [-0.3, -0.25) is 9.59 Å². The first kappa shape index (κ1) is 13.2. The first-order valence-corrected chi connectivity index (χ1v) is 4.97. The van der Waals surface area contributed by atoms with Gasteiger partial charge in [-0.1, -0.05) is 0 Å². The molecule has 0 aromatic rings. The summed E-state index contributed by atoms with van der Waals surface area (Å²) >= 11 is 3.96. The molecule has 0 heterocycles. The van der Waals surface area contributed by atoms with E-state index in [0.717, 1.165) is 0 Å². The van der Waals surface area contributed by atoms with Crippen LogP contribution in [0.4, 0.5) is 0 Å². The van der Waals surface area contributed by atoms with Gasteiger partial charge in [-0.2, -0.15) is 12.6 Å². The first-order valence-electron chi connectivity index (χ1n) is 4.34. The normalized spacial score (nSPS) is 12.1. The van der Waals surface area contributed by atoms with Crippen LogP contribution in [0.25, 0.3) is 0 Å². The molecule has 0 radical (unpaired) electrons. The van der Waals surface area contributed by atoms with E-state index in [1.54, 1.807) is 6.92 Å². The Balaban J connectivity index is 3.78. The van der Waals surface area contributed by atoms with Gasteiger partial charge in [0.15, 0.2) is 0 Å². The number of carboxylic acids is 1. The predicted octanol–water partition coefficient (Wildman–Crippen LogP) is -0.0878. The van der Waals surface area contributed by atoms with Gasteiger partial charge in [-0.25, -0.2) is 0 Å². The van der Waals surface area contributed by atoms with Crippen LogP contribution in [0.2, 0.25) is 0 Å². The molecule has 0 amide bonds. The summed E-state index contributed by atoms with van der Waals surface area (Å²) in [4.78, 5) is 21.4. The average Bonchev–Trinajstić information content (AvgIpc) is 2.12. The number of hydrogen-bond acceptors (Lipinski definition) is 5. The highest BCUT2D eigenvalue weighted by atomic mass is 32.1. The molecule has 0 aliphatic carbocycles. The SMILES string of the molecule is CCOC(=O)[C@H](CS)NCCC(=O)O. The van der Waals surface area contributed by atoms with E-state index < -0.39 is 18.0 Å². The topological polar surface area (TPSA) is 75.6 Å². The summed E-state index contributed by atoms with van der Waals surface area (Å²) in [5.74, 6) is -1.01. The van der Waals surface area contributed by atoms with Crippen molar-refractivity contribution in [2.24, 2.45) is 0 Å². The third-order valence-corrected chi connectivity index (χ3v) is 1.85. The van der Waals surface area contributed by atoms with Gasteiger partial charge in [-0.15, -0.1) is 0 Å². The fourth-order valence-corrected chi connectivity index (χ4v) is 1.10. The van der Waals surface area contributed by atoms with Crippen LogP contribution in [0.15, 0.2) is 0 Å². The van der Waals surface area contributed by atoms with Crippen LogP contribution in [0.1, 0.15) is 13.3 Å². The summed E-state index contributed by atoms with van der Waals surface area (Å²) in [6, 6.07) is -0.530. The highest BCUT2D eigenvalue weighted by molar-refractivity contribution is 7.80. The first-order chi connectivity index (χ1) is 6.61. The molecule has 0 unspecified atom stereocenters. The Hall–Kier alpha value is -0.750. The zero-order chi connectivity index (χ0) is 11.0. The number of aliphatic carboxylic acids is 1. The molecule has 5 nitrogen and oxygen atoms in total. The molecule has 14 heavy (non-hydrogen) atoms. The van der Waals surface area contributed by atoms with Crippen molar-refractivity contribution in [2.75, 3.05) is 18.9 Å². The zero-order valence-corrected chi connectivity index (χ0v) is 8.92. The van der Waals surface area contributed by atoms with Crippen molar-refractivity contribution in [1.82, 2.24) is 5.32 Å².